The summed E-state index contributed by atoms with van der Waals surface area (Å²) in [6, 6.07) is 7.69. The molecule has 0 aliphatic carbocycles. The molecule has 4 nitrogen and oxygen atoms in total. The van der Waals surface area contributed by atoms with Crippen molar-refractivity contribution in [3.63, 3.8) is 0 Å². The Balaban J connectivity index is 2.27. The second-order valence-corrected chi connectivity index (χ2v) is 5.92. The summed E-state index contributed by atoms with van der Waals surface area (Å²) < 4.78 is 0. The molecule has 0 aliphatic rings. The van der Waals surface area contributed by atoms with Gasteiger partial charge in [0.25, 0.3) is 0 Å². The van der Waals surface area contributed by atoms with Gasteiger partial charge in [0.15, 0.2) is 0 Å². The molecular formula is C19H30N2O2. The molecular weight excluding hydrogens is 288 g/mol. The minimum Gasteiger partial charge on any atom is -0.348 e. The number of unbranched alkanes of at least 4 members (excludes halogenated alkanes) is 5. The van der Waals surface area contributed by atoms with Crippen LogP contribution in [0.5, 0.6) is 0 Å². The summed E-state index contributed by atoms with van der Waals surface area (Å²) in [5.74, 6) is -1.16. The quantitative estimate of drug-likeness (QED) is 0.505. The van der Waals surface area contributed by atoms with Crippen LogP contribution >= 0.6 is 0 Å². The lowest BCUT2D eigenvalue weighted by molar-refractivity contribution is -0.136. The van der Waals surface area contributed by atoms with Gasteiger partial charge in [-0.1, -0.05) is 58.1 Å². The van der Waals surface area contributed by atoms with Crippen molar-refractivity contribution in [1.82, 2.24) is 5.32 Å². The van der Waals surface area contributed by atoms with Crippen molar-refractivity contribution in [2.24, 2.45) is 0 Å². The van der Waals surface area contributed by atoms with Crippen molar-refractivity contribution in [3.8, 4) is 0 Å². The number of carbonyl (C=O) groups excluding carboxylic acids is 2. The number of aryl methyl sites for hydroxylation is 1. The summed E-state index contributed by atoms with van der Waals surface area (Å²) in [6.07, 6.45) is 8.99. The maximum Gasteiger partial charge on any atom is 0.313 e. The molecule has 0 bridgehead atoms. The molecule has 0 saturated heterocycles. The van der Waals surface area contributed by atoms with E-state index in [4.69, 9.17) is 0 Å². The van der Waals surface area contributed by atoms with E-state index in [1.807, 2.05) is 24.3 Å². The fraction of sp³-hybridized carbons (Fsp3) is 0.579. The van der Waals surface area contributed by atoms with Crippen molar-refractivity contribution in [2.75, 3.05) is 11.9 Å². The maximum absolute atomic E-state index is 11.8. The van der Waals surface area contributed by atoms with Crippen molar-refractivity contribution >= 4 is 17.5 Å². The number of benzene rings is 1. The average Bonchev–Trinajstić information content (AvgIpc) is 2.57. The number of anilines is 1. The predicted molar refractivity (Wildman–Crippen MR) is 95.5 cm³/mol. The molecule has 2 N–H and O–H groups in total. The van der Waals surface area contributed by atoms with Crippen LogP contribution in [-0.4, -0.2) is 18.4 Å². The van der Waals surface area contributed by atoms with Crippen molar-refractivity contribution in [1.29, 1.82) is 0 Å². The van der Waals surface area contributed by atoms with E-state index in [0.29, 0.717) is 12.2 Å². The summed E-state index contributed by atoms with van der Waals surface area (Å²) in [5, 5.41) is 5.30. The van der Waals surface area contributed by atoms with Crippen LogP contribution in [0.15, 0.2) is 24.3 Å². The first-order valence-corrected chi connectivity index (χ1v) is 8.85. The number of amides is 2. The van der Waals surface area contributed by atoms with Crippen LogP contribution in [0.25, 0.3) is 0 Å². The number of hydrogen-bond donors (Lipinski definition) is 2. The normalized spacial score (nSPS) is 10.3. The fourth-order valence-electron chi connectivity index (χ4n) is 2.33. The lowest BCUT2D eigenvalue weighted by Gasteiger charge is -2.07. The van der Waals surface area contributed by atoms with E-state index >= 15 is 0 Å². The Hall–Kier alpha value is -1.84. The first kappa shape index (κ1) is 19.2. The molecule has 0 spiro atoms. The highest BCUT2D eigenvalue weighted by Crippen LogP contribution is 2.11. The summed E-state index contributed by atoms with van der Waals surface area (Å²) in [6.45, 7) is 4.89. The average molecular weight is 318 g/mol. The number of carbonyl (C=O) groups is 2. The van der Waals surface area contributed by atoms with Gasteiger partial charge in [0, 0.05) is 12.2 Å². The zero-order valence-corrected chi connectivity index (χ0v) is 14.5. The molecule has 1 aromatic rings. The molecule has 0 radical (unpaired) electrons. The Morgan fingerprint density at radius 3 is 2.13 bits per heavy atom. The van der Waals surface area contributed by atoms with Gasteiger partial charge < -0.3 is 10.6 Å². The lowest BCUT2D eigenvalue weighted by atomic mass is 10.1. The van der Waals surface area contributed by atoms with E-state index in [-0.39, 0.29) is 0 Å². The van der Waals surface area contributed by atoms with Crippen LogP contribution in [0.3, 0.4) is 0 Å². The zero-order valence-electron chi connectivity index (χ0n) is 14.5. The van der Waals surface area contributed by atoms with E-state index in [1.54, 1.807) is 0 Å². The standard InChI is InChI=1S/C19H30N2O2/c1-3-5-7-8-9-15-20-18(22)19(23)21-17-13-11-16(12-14-17)10-6-4-2/h11-14H,3-10,15H2,1-2H3,(H,20,22)(H,21,23). The van der Waals surface area contributed by atoms with E-state index in [0.717, 1.165) is 32.1 Å². The molecule has 0 heterocycles. The molecule has 0 aromatic heterocycles. The van der Waals surface area contributed by atoms with E-state index in [9.17, 15) is 9.59 Å². The third kappa shape index (κ3) is 8.38. The van der Waals surface area contributed by atoms with E-state index in [2.05, 4.69) is 24.5 Å². The molecule has 4 heteroatoms. The molecule has 0 saturated carbocycles. The molecule has 1 rings (SSSR count). The Morgan fingerprint density at radius 2 is 1.48 bits per heavy atom. The molecule has 23 heavy (non-hydrogen) atoms. The fourth-order valence-corrected chi connectivity index (χ4v) is 2.33. The van der Waals surface area contributed by atoms with Crippen LogP contribution in [0.1, 0.15) is 64.4 Å². The van der Waals surface area contributed by atoms with Crippen molar-refractivity contribution in [2.45, 2.75) is 65.2 Å². The molecule has 128 valence electrons. The van der Waals surface area contributed by atoms with Crippen LogP contribution in [-0.2, 0) is 16.0 Å². The van der Waals surface area contributed by atoms with Crippen LogP contribution in [0.2, 0.25) is 0 Å². The lowest BCUT2D eigenvalue weighted by Crippen LogP contribution is -2.35. The topological polar surface area (TPSA) is 58.2 Å². The second-order valence-electron chi connectivity index (χ2n) is 5.92. The molecule has 0 unspecified atom stereocenters. The van der Waals surface area contributed by atoms with Gasteiger partial charge in [-0.25, -0.2) is 0 Å². The molecule has 0 fully saturated rings. The van der Waals surface area contributed by atoms with Crippen LogP contribution < -0.4 is 10.6 Å². The summed E-state index contributed by atoms with van der Waals surface area (Å²) in [7, 11) is 0. The highest BCUT2D eigenvalue weighted by molar-refractivity contribution is 6.39. The third-order valence-electron chi connectivity index (χ3n) is 3.80. The largest absolute Gasteiger partial charge is 0.348 e. The van der Waals surface area contributed by atoms with Gasteiger partial charge in [-0.2, -0.15) is 0 Å². The van der Waals surface area contributed by atoms with E-state index in [1.165, 1.54) is 24.8 Å². The molecule has 0 atom stereocenters. The van der Waals surface area contributed by atoms with Crippen LogP contribution in [0, 0.1) is 0 Å². The first-order chi connectivity index (χ1) is 11.2. The summed E-state index contributed by atoms with van der Waals surface area (Å²) in [4.78, 5) is 23.5. The number of rotatable bonds is 10. The number of hydrogen-bond acceptors (Lipinski definition) is 2. The number of nitrogens with one attached hydrogen (secondary N) is 2. The summed E-state index contributed by atoms with van der Waals surface area (Å²) in [5.41, 5.74) is 1.91. The van der Waals surface area contributed by atoms with Gasteiger partial charge in [-0.3, -0.25) is 9.59 Å². The highest BCUT2D eigenvalue weighted by Gasteiger charge is 2.12. The van der Waals surface area contributed by atoms with Gasteiger partial charge in [-0.15, -0.1) is 0 Å². The van der Waals surface area contributed by atoms with Crippen molar-refractivity contribution in [3.05, 3.63) is 29.8 Å². The maximum atomic E-state index is 11.8. The SMILES string of the molecule is CCCCCCCNC(=O)C(=O)Nc1ccc(CCCC)cc1. The van der Waals surface area contributed by atoms with Gasteiger partial charge in [0.1, 0.15) is 0 Å². The Bertz CT molecular complexity index is 469. The van der Waals surface area contributed by atoms with Crippen LogP contribution in [0.4, 0.5) is 5.69 Å². The monoisotopic (exact) mass is 318 g/mol. The minimum absolute atomic E-state index is 0.560. The minimum atomic E-state index is -0.597. The zero-order chi connectivity index (χ0) is 16.9. The van der Waals surface area contributed by atoms with Gasteiger partial charge >= 0.3 is 11.8 Å². The Labute approximate surface area is 140 Å². The summed E-state index contributed by atoms with van der Waals surface area (Å²) >= 11 is 0. The van der Waals surface area contributed by atoms with E-state index < -0.39 is 11.8 Å². The van der Waals surface area contributed by atoms with Gasteiger partial charge in [-0.05, 0) is 37.0 Å². The van der Waals surface area contributed by atoms with Gasteiger partial charge in [0.05, 0.1) is 0 Å². The predicted octanol–water partition coefficient (Wildman–Crippen LogP) is 4.05. The van der Waals surface area contributed by atoms with Crippen molar-refractivity contribution < 1.29 is 9.59 Å². The Kier molecular flexibility index (Phi) is 9.76. The first-order valence-electron chi connectivity index (χ1n) is 8.85. The molecule has 2 amide bonds. The molecule has 0 aliphatic heterocycles. The third-order valence-corrected chi connectivity index (χ3v) is 3.80. The highest BCUT2D eigenvalue weighted by atomic mass is 16.2. The van der Waals surface area contributed by atoms with Gasteiger partial charge in [0.2, 0.25) is 0 Å². The molecule has 1 aromatic carbocycles. The second kappa shape index (κ2) is 11.7. The Morgan fingerprint density at radius 1 is 0.826 bits per heavy atom. The smallest absolute Gasteiger partial charge is 0.313 e.